The lowest BCUT2D eigenvalue weighted by atomic mass is 10.2. The molecule has 1 amide bonds. The molecule has 2 aromatic heterocycles. The van der Waals surface area contributed by atoms with Crippen LogP contribution in [0.5, 0.6) is 0 Å². The Bertz CT molecular complexity index is 532. The van der Waals surface area contributed by atoms with Gasteiger partial charge in [0.25, 0.3) is 0 Å². The number of thiazole rings is 1. The largest absolute Gasteiger partial charge is 0.375 e. The van der Waals surface area contributed by atoms with E-state index in [0.29, 0.717) is 11.6 Å². The van der Waals surface area contributed by atoms with Gasteiger partial charge in [-0.15, -0.1) is 22.7 Å². The molecule has 2 aromatic rings. The van der Waals surface area contributed by atoms with Crippen LogP contribution in [-0.4, -0.2) is 16.9 Å². The van der Waals surface area contributed by atoms with E-state index in [1.54, 1.807) is 11.3 Å². The Hall–Kier alpha value is -1.40. The topological polar surface area (TPSA) is 68.0 Å². The van der Waals surface area contributed by atoms with E-state index >= 15 is 0 Å². The molecule has 0 spiro atoms. The Kier molecular flexibility index (Phi) is 3.98. The second-order valence-corrected chi connectivity index (χ2v) is 6.26. The first-order valence-electron chi connectivity index (χ1n) is 5.64. The molecule has 0 unspecified atom stereocenters. The van der Waals surface area contributed by atoms with Crippen LogP contribution in [0.4, 0.5) is 5.13 Å². The van der Waals surface area contributed by atoms with Crippen molar-refractivity contribution in [3.8, 4) is 10.6 Å². The van der Waals surface area contributed by atoms with Crippen LogP contribution < -0.4 is 11.1 Å². The van der Waals surface area contributed by atoms with Crippen LogP contribution in [0.1, 0.15) is 18.7 Å². The minimum absolute atomic E-state index is 0.00598. The number of nitrogens with one attached hydrogen (secondary N) is 1. The SMILES string of the molecule is CC(C)NC(=O)Cc1sc(N)nc1-c1cccs1. The number of hydrogen-bond acceptors (Lipinski definition) is 5. The van der Waals surface area contributed by atoms with Gasteiger partial charge in [0, 0.05) is 10.9 Å². The van der Waals surface area contributed by atoms with Crippen LogP contribution in [0.3, 0.4) is 0 Å². The zero-order valence-corrected chi connectivity index (χ0v) is 11.9. The monoisotopic (exact) mass is 281 g/mol. The molecule has 0 atom stereocenters. The second-order valence-electron chi connectivity index (χ2n) is 4.20. The van der Waals surface area contributed by atoms with E-state index in [2.05, 4.69) is 10.3 Å². The normalized spacial score (nSPS) is 10.8. The van der Waals surface area contributed by atoms with Crippen molar-refractivity contribution in [2.75, 3.05) is 5.73 Å². The first-order chi connectivity index (χ1) is 8.56. The Labute approximate surface area is 114 Å². The molecule has 0 saturated carbocycles. The number of anilines is 1. The molecule has 0 fully saturated rings. The number of hydrogen-bond donors (Lipinski definition) is 2. The van der Waals surface area contributed by atoms with Gasteiger partial charge in [-0.1, -0.05) is 6.07 Å². The minimum Gasteiger partial charge on any atom is -0.375 e. The van der Waals surface area contributed by atoms with Crippen molar-refractivity contribution in [2.45, 2.75) is 26.3 Å². The van der Waals surface area contributed by atoms with Gasteiger partial charge >= 0.3 is 0 Å². The number of nitrogen functional groups attached to an aromatic ring is 1. The van der Waals surface area contributed by atoms with Crippen molar-refractivity contribution in [3.05, 3.63) is 22.4 Å². The quantitative estimate of drug-likeness (QED) is 0.905. The number of carbonyl (C=O) groups excluding carboxylic acids is 1. The van der Waals surface area contributed by atoms with E-state index in [-0.39, 0.29) is 11.9 Å². The molecule has 2 heterocycles. The number of nitrogens with zero attached hydrogens (tertiary/aromatic N) is 1. The minimum atomic E-state index is 0.00598. The number of nitrogens with two attached hydrogens (primary N) is 1. The molecule has 0 saturated heterocycles. The van der Waals surface area contributed by atoms with Crippen molar-refractivity contribution in [1.29, 1.82) is 0 Å². The predicted octanol–water partition coefficient (Wildman–Crippen LogP) is 2.52. The highest BCUT2D eigenvalue weighted by Gasteiger charge is 2.16. The Morgan fingerprint density at radius 2 is 2.33 bits per heavy atom. The van der Waals surface area contributed by atoms with Crippen molar-refractivity contribution in [2.24, 2.45) is 0 Å². The lowest BCUT2D eigenvalue weighted by Gasteiger charge is -2.07. The van der Waals surface area contributed by atoms with Gasteiger partial charge in [-0.25, -0.2) is 4.98 Å². The zero-order valence-electron chi connectivity index (χ0n) is 10.3. The van der Waals surface area contributed by atoms with Crippen LogP contribution >= 0.6 is 22.7 Å². The van der Waals surface area contributed by atoms with Gasteiger partial charge in [-0.05, 0) is 25.3 Å². The molecule has 18 heavy (non-hydrogen) atoms. The summed E-state index contributed by atoms with van der Waals surface area (Å²) < 4.78 is 0. The third-order valence-electron chi connectivity index (χ3n) is 2.24. The average Bonchev–Trinajstić information content (AvgIpc) is 2.85. The highest BCUT2D eigenvalue weighted by molar-refractivity contribution is 7.17. The fourth-order valence-corrected chi connectivity index (χ4v) is 3.27. The van der Waals surface area contributed by atoms with Crippen LogP contribution in [0.25, 0.3) is 10.6 Å². The van der Waals surface area contributed by atoms with Gasteiger partial charge in [0.15, 0.2) is 5.13 Å². The average molecular weight is 281 g/mol. The fourth-order valence-electron chi connectivity index (χ4n) is 1.61. The Morgan fingerprint density at radius 3 is 2.94 bits per heavy atom. The highest BCUT2D eigenvalue weighted by atomic mass is 32.1. The molecular formula is C12H15N3OS2. The third kappa shape index (κ3) is 3.08. The molecule has 0 aromatic carbocycles. The Balaban J connectivity index is 2.21. The highest BCUT2D eigenvalue weighted by Crippen LogP contribution is 2.32. The van der Waals surface area contributed by atoms with E-state index in [1.807, 2.05) is 31.4 Å². The van der Waals surface area contributed by atoms with Crippen molar-refractivity contribution >= 4 is 33.7 Å². The zero-order chi connectivity index (χ0) is 13.1. The molecule has 4 nitrogen and oxygen atoms in total. The summed E-state index contributed by atoms with van der Waals surface area (Å²) in [5.41, 5.74) is 6.58. The summed E-state index contributed by atoms with van der Waals surface area (Å²) in [6, 6.07) is 4.10. The molecule has 0 aliphatic heterocycles. The van der Waals surface area contributed by atoms with Gasteiger partial charge in [0.2, 0.25) is 5.91 Å². The first kappa shape index (κ1) is 13.0. The molecule has 0 aliphatic carbocycles. The maximum atomic E-state index is 11.8. The number of aromatic nitrogens is 1. The summed E-state index contributed by atoms with van der Waals surface area (Å²) in [7, 11) is 0. The standard InChI is InChI=1S/C12H15N3OS2/c1-7(2)14-10(16)6-9-11(15-12(13)18-9)8-4-3-5-17-8/h3-5,7H,6H2,1-2H3,(H2,13,15)(H,14,16). The van der Waals surface area contributed by atoms with Crippen LogP contribution in [0.2, 0.25) is 0 Å². The first-order valence-corrected chi connectivity index (χ1v) is 7.34. The third-order valence-corrected chi connectivity index (χ3v) is 4.00. The smallest absolute Gasteiger partial charge is 0.225 e. The fraction of sp³-hybridized carbons (Fsp3) is 0.333. The lowest BCUT2D eigenvalue weighted by molar-refractivity contribution is -0.120. The van der Waals surface area contributed by atoms with Gasteiger partial charge in [0.05, 0.1) is 17.0 Å². The summed E-state index contributed by atoms with van der Waals surface area (Å²) in [6.07, 6.45) is 0.334. The molecular weight excluding hydrogens is 266 g/mol. The van der Waals surface area contributed by atoms with E-state index in [0.717, 1.165) is 15.4 Å². The number of carbonyl (C=O) groups is 1. The van der Waals surface area contributed by atoms with Gasteiger partial charge in [-0.3, -0.25) is 4.79 Å². The van der Waals surface area contributed by atoms with Crippen LogP contribution in [0, 0.1) is 0 Å². The van der Waals surface area contributed by atoms with E-state index in [9.17, 15) is 4.79 Å². The molecule has 6 heteroatoms. The molecule has 2 rings (SSSR count). The lowest BCUT2D eigenvalue weighted by Crippen LogP contribution is -2.31. The van der Waals surface area contributed by atoms with E-state index in [4.69, 9.17) is 5.73 Å². The van der Waals surface area contributed by atoms with Crippen molar-refractivity contribution < 1.29 is 4.79 Å². The molecule has 0 aliphatic rings. The van der Waals surface area contributed by atoms with Gasteiger partial charge in [-0.2, -0.15) is 0 Å². The molecule has 0 bridgehead atoms. The predicted molar refractivity (Wildman–Crippen MR) is 76.8 cm³/mol. The summed E-state index contributed by atoms with van der Waals surface area (Å²) in [6.45, 7) is 3.89. The number of amides is 1. The molecule has 3 N–H and O–H groups in total. The summed E-state index contributed by atoms with van der Waals surface area (Å²) >= 11 is 2.98. The second kappa shape index (κ2) is 5.49. The van der Waals surface area contributed by atoms with Crippen LogP contribution in [0.15, 0.2) is 17.5 Å². The van der Waals surface area contributed by atoms with Gasteiger partial charge in [0.1, 0.15) is 0 Å². The molecule has 96 valence electrons. The Morgan fingerprint density at radius 1 is 1.56 bits per heavy atom. The molecule has 0 radical (unpaired) electrons. The maximum Gasteiger partial charge on any atom is 0.225 e. The number of rotatable bonds is 4. The van der Waals surface area contributed by atoms with Crippen LogP contribution in [-0.2, 0) is 11.2 Å². The number of thiophene rings is 1. The summed E-state index contributed by atoms with van der Waals surface area (Å²) in [5, 5.41) is 5.37. The maximum absolute atomic E-state index is 11.8. The van der Waals surface area contributed by atoms with Crippen molar-refractivity contribution in [1.82, 2.24) is 10.3 Å². The summed E-state index contributed by atoms with van der Waals surface area (Å²) in [5.74, 6) is 0.00598. The van der Waals surface area contributed by atoms with E-state index < -0.39 is 0 Å². The van der Waals surface area contributed by atoms with Crippen molar-refractivity contribution in [3.63, 3.8) is 0 Å². The summed E-state index contributed by atoms with van der Waals surface area (Å²) in [4.78, 5) is 18.1. The van der Waals surface area contributed by atoms with Gasteiger partial charge < -0.3 is 11.1 Å². The van der Waals surface area contributed by atoms with E-state index in [1.165, 1.54) is 11.3 Å².